The van der Waals surface area contributed by atoms with Crippen LogP contribution in [0.15, 0.2) is 23.2 Å². The minimum atomic E-state index is -0.476. The van der Waals surface area contributed by atoms with E-state index in [1.54, 1.807) is 4.90 Å². The third-order valence-electron chi connectivity index (χ3n) is 4.08. The fourth-order valence-electron chi connectivity index (χ4n) is 2.77. The molecule has 0 radical (unpaired) electrons. The molecule has 0 spiro atoms. The van der Waals surface area contributed by atoms with E-state index >= 15 is 0 Å². The standard InChI is InChI=1S/C19H28N4O4.HI/c1-5-20-17(21-9-13-6-7-15-16(8-13)26-12-25-15)22-14-10-23(11-14)18(24)27-19(2,3)4;/h6-8,14H,5,9-12H2,1-4H3,(H2,20,21,22);1H. The number of hydrogen-bond acceptors (Lipinski definition) is 5. The number of carbonyl (C=O) groups excluding carboxylic acids is 1. The number of carbonyl (C=O) groups is 1. The second-order valence-electron chi connectivity index (χ2n) is 7.61. The predicted octanol–water partition coefficient (Wildman–Crippen LogP) is 2.71. The molecule has 156 valence electrons. The molecule has 3 rings (SSSR count). The minimum Gasteiger partial charge on any atom is -0.454 e. The zero-order valence-electron chi connectivity index (χ0n) is 16.8. The highest BCUT2D eigenvalue weighted by molar-refractivity contribution is 14.0. The van der Waals surface area contributed by atoms with Gasteiger partial charge in [-0.1, -0.05) is 6.07 Å². The first-order chi connectivity index (χ1) is 12.8. The number of nitrogens with one attached hydrogen (secondary N) is 2. The van der Waals surface area contributed by atoms with Gasteiger partial charge in [0, 0.05) is 19.6 Å². The normalized spacial score (nSPS) is 16.1. The molecule has 2 aliphatic heterocycles. The van der Waals surface area contributed by atoms with Crippen LogP contribution in [0.5, 0.6) is 11.5 Å². The lowest BCUT2D eigenvalue weighted by molar-refractivity contribution is 0.00700. The van der Waals surface area contributed by atoms with Gasteiger partial charge >= 0.3 is 6.09 Å². The van der Waals surface area contributed by atoms with Crippen LogP contribution in [0.1, 0.15) is 33.3 Å². The molecule has 0 aliphatic carbocycles. The molecule has 2 heterocycles. The number of benzene rings is 1. The summed E-state index contributed by atoms with van der Waals surface area (Å²) in [7, 11) is 0. The average molecular weight is 504 g/mol. The summed E-state index contributed by atoms with van der Waals surface area (Å²) < 4.78 is 16.1. The topological polar surface area (TPSA) is 84.4 Å². The summed E-state index contributed by atoms with van der Waals surface area (Å²) in [6.07, 6.45) is -0.275. The van der Waals surface area contributed by atoms with E-state index in [2.05, 4.69) is 15.6 Å². The lowest BCUT2D eigenvalue weighted by atomic mass is 10.1. The van der Waals surface area contributed by atoms with Crippen molar-refractivity contribution >= 4 is 36.0 Å². The van der Waals surface area contributed by atoms with Crippen molar-refractivity contribution < 1.29 is 19.0 Å². The molecule has 9 heteroatoms. The van der Waals surface area contributed by atoms with Crippen molar-refractivity contribution in [3.8, 4) is 11.5 Å². The van der Waals surface area contributed by atoms with Gasteiger partial charge in [-0.05, 0) is 45.4 Å². The van der Waals surface area contributed by atoms with Crippen molar-refractivity contribution in [1.29, 1.82) is 0 Å². The highest BCUT2D eigenvalue weighted by Crippen LogP contribution is 2.32. The van der Waals surface area contributed by atoms with E-state index < -0.39 is 5.60 Å². The van der Waals surface area contributed by atoms with Crippen molar-refractivity contribution in [1.82, 2.24) is 15.5 Å². The summed E-state index contributed by atoms with van der Waals surface area (Å²) in [6, 6.07) is 5.99. The summed E-state index contributed by atoms with van der Waals surface area (Å²) in [5.41, 5.74) is 0.566. The predicted molar refractivity (Wildman–Crippen MR) is 118 cm³/mol. The van der Waals surface area contributed by atoms with Crippen LogP contribution in [0, 0.1) is 0 Å². The number of rotatable bonds is 4. The SMILES string of the molecule is CCNC(=NCc1ccc2c(c1)OCO2)NC1CN(C(=O)OC(C)(C)C)C1.I. The molecule has 8 nitrogen and oxygen atoms in total. The Kier molecular flexibility index (Phi) is 7.62. The van der Waals surface area contributed by atoms with Gasteiger partial charge in [-0.25, -0.2) is 9.79 Å². The highest BCUT2D eigenvalue weighted by atomic mass is 127. The van der Waals surface area contributed by atoms with Gasteiger partial charge in [-0.15, -0.1) is 24.0 Å². The number of halogens is 1. The Morgan fingerprint density at radius 1 is 1.29 bits per heavy atom. The molecular weight excluding hydrogens is 475 g/mol. The first-order valence-corrected chi connectivity index (χ1v) is 9.25. The maximum atomic E-state index is 12.0. The molecule has 0 saturated carbocycles. The van der Waals surface area contributed by atoms with Crippen molar-refractivity contribution in [3.63, 3.8) is 0 Å². The van der Waals surface area contributed by atoms with Crippen molar-refractivity contribution in [2.75, 3.05) is 26.4 Å². The van der Waals surface area contributed by atoms with Crippen molar-refractivity contribution in [2.24, 2.45) is 4.99 Å². The maximum Gasteiger partial charge on any atom is 0.410 e. The summed E-state index contributed by atoms with van der Waals surface area (Å²) >= 11 is 0. The third kappa shape index (κ3) is 6.05. The number of nitrogens with zero attached hydrogens (tertiary/aromatic N) is 2. The van der Waals surface area contributed by atoms with Crippen LogP contribution in [-0.4, -0.2) is 55.0 Å². The molecule has 0 unspecified atom stereocenters. The molecule has 28 heavy (non-hydrogen) atoms. The fraction of sp³-hybridized carbons (Fsp3) is 0.579. The van der Waals surface area contributed by atoms with E-state index in [0.717, 1.165) is 29.6 Å². The summed E-state index contributed by atoms with van der Waals surface area (Å²) in [5.74, 6) is 2.25. The number of ether oxygens (including phenoxy) is 3. The summed E-state index contributed by atoms with van der Waals surface area (Å²) in [5, 5.41) is 6.59. The molecule has 2 N–H and O–H groups in total. The van der Waals surface area contributed by atoms with Crippen molar-refractivity contribution in [2.45, 2.75) is 45.9 Å². The van der Waals surface area contributed by atoms with E-state index in [9.17, 15) is 4.79 Å². The maximum absolute atomic E-state index is 12.0. The van der Waals surface area contributed by atoms with Gasteiger partial charge in [0.1, 0.15) is 5.60 Å². The Balaban J connectivity index is 0.00000280. The number of hydrogen-bond donors (Lipinski definition) is 2. The number of fused-ring (bicyclic) bond motifs is 1. The largest absolute Gasteiger partial charge is 0.454 e. The van der Waals surface area contributed by atoms with Crippen LogP contribution in [0.25, 0.3) is 0 Å². The molecule has 0 bridgehead atoms. The molecule has 2 aliphatic rings. The van der Waals surface area contributed by atoms with Gasteiger partial charge in [-0.3, -0.25) is 0 Å². The number of amides is 1. The first kappa shape index (κ1) is 22.4. The second kappa shape index (κ2) is 9.53. The zero-order valence-corrected chi connectivity index (χ0v) is 19.1. The van der Waals surface area contributed by atoms with Crippen LogP contribution in [0.4, 0.5) is 4.79 Å². The number of aliphatic imine (C=N–C) groups is 1. The minimum absolute atomic E-state index is 0. The Bertz CT molecular complexity index is 714. The van der Waals surface area contributed by atoms with Crippen LogP contribution in [0.2, 0.25) is 0 Å². The van der Waals surface area contributed by atoms with Gasteiger partial charge in [0.05, 0.1) is 12.6 Å². The third-order valence-corrected chi connectivity index (χ3v) is 4.08. The molecule has 1 aromatic carbocycles. The van der Waals surface area contributed by atoms with Crippen molar-refractivity contribution in [3.05, 3.63) is 23.8 Å². The van der Waals surface area contributed by atoms with E-state index in [1.165, 1.54) is 0 Å². The van der Waals surface area contributed by atoms with Gasteiger partial charge in [-0.2, -0.15) is 0 Å². The quantitative estimate of drug-likeness (QED) is 0.373. The van der Waals surface area contributed by atoms with Gasteiger partial charge < -0.3 is 29.7 Å². The number of guanidine groups is 1. The molecule has 0 aromatic heterocycles. The van der Waals surface area contributed by atoms with Crippen LogP contribution >= 0.6 is 24.0 Å². The Morgan fingerprint density at radius 2 is 2.00 bits per heavy atom. The lowest BCUT2D eigenvalue weighted by Gasteiger charge is -2.40. The Hall–Kier alpha value is -1.91. The average Bonchev–Trinajstić information content (AvgIpc) is 3.01. The molecule has 1 fully saturated rings. The first-order valence-electron chi connectivity index (χ1n) is 9.25. The van der Waals surface area contributed by atoms with E-state index in [-0.39, 0.29) is 42.9 Å². The summed E-state index contributed by atoms with van der Waals surface area (Å²) in [4.78, 5) is 18.3. The van der Waals surface area contributed by atoms with E-state index in [0.29, 0.717) is 19.6 Å². The molecule has 1 amide bonds. The lowest BCUT2D eigenvalue weighted by Crippen LogP contribution is -2.63. The number of likely N-dealkylation sites (tertiary alicyclic amines) is 1. The van der Waals surface area contributed by atoms with Gasteiger partial charge in [0.15, 0.2) is 17.5 Å². The Morgan fingerprint density at radius 3 is 2.68 bits per heavy atom. The fourth-order valence-corrected chi connectivity index (χ4v) is 2.77. The van der Waals surface area contributed by atoms with Crippen LogP contribution in [-0.2, 0) is 11.3 Å². The Labute approximate surface area is 183 Å². The molecular formula is C19H29IN4O4. The smallest absolute Gasteiger partial charge is 0.410 e. The van der Waals surface area contributed by atoms with Crippen LogP contribution in [0.3, 0.4) is 0 Å². The molecule has 1 aromatic rings. The highest BCUT2D eigenvalue weighted by Gasteiger charge is 2.34. The zero-order chi connectivity index (χ0) is 19.4. The monoisotopic (exact) mass is 504 g/mol. The summed E-state index contributed by atoms with van der Waals surface area (Å²) in [6.45, 7) is 10.4. The van der Waals surface area contributed by atoms with Gasteiger partial charge in [0.25, 0.3) is 0 Å². The van der Waals surface area contributed by atoms with Crippen LogP contribution < -0.4 is 20.1 Å². The second-order valence-corrected chi connectivity index (χ2v) is 7.61. The van der Waals surface area contributed by atoms with Gasteiger partial charge in [0.2, 0.25) is 6.79 Å². The molecule has 0 atom stereocenters. The van der Waals surface area contributed by atoms with E-state index in [1.807, 2.05) is 45.9 Å². The van der Waals surface area contributed by atoms with E-state index in [4.69, 9.17) is 14.2 Å². The molecule has 1 saturated heterocycles.